The normalized spacial score (nSPS) is 11.0. The lowest BCUT2D eigenvalue weighted by Gasteiger charge is -2.28. The van der Waals surface area contributed by atoms with Gasteiger partial charge in [-0.05, 0) is 28.4 Å². The molecule has 2 heteroatoms. The maximum Gasteiger partial charge on any atom is 0.107 e. The summed E-state index contributed by atoms with van der Waals surface area (Å²) in [6.07, 6.45) is 3.10. The van der Waals surface area contributed by atoms with E-state index >= 15 is 0 Å². The molecular formula is C18H18IN. The van der Waals surface area contributed by atoms with Gasteiger partial charge in [0.15, 0.2) is 0 Å². The molecule has 0 heterocycles. The van der Waals surface area contributed by atoms with Crippen LogP contribution in [0.1, 0.15) is 30.4 Å². The van der Waals surface area contributed by atoms with Crippen molar-refractivity contribution in [2.75, 3.05) is 4.43 Å². The van der Waals surface area contributed by atoms with Crippen LogP contribution < -0.4 is 0 Å². The van der Waals surface area contributed by atoms with Crippen molar-refractivity contribution in [3.05, 3.63) is 71.8 Å². The van der Waals surface area contributed by atoms with E-state index in [1.807, 2.05) is 36.4 Å². The summed E-state index contributed by atoms with van der Waals surface area (Å²) in [6, 6.07) is 23.0. The zero-order valence-corrected chi connectivity index (χ0v) is 13.6. The van der Waals surface area contributed by atoms with E-state index in [1.54, 1.807) is 0 Å². The summed E-state index contributed by atoms with van der Waals surface area (Å²) in [5, 5.41) is 9.93. The van der Waals surface area contributed by atoms with Crippen molar-refractivity contribution in [1.82, 2.24) is 0 Å². The second-order valence-corrected chi connectivity index (χ2v) is 5.97. The molecule has 0 aliphatic rings. The summed E-state index contributed by atoms with van der Waals surface area (Å²) in [4.78, 5) is 0. The van der Waals surface area contributed by atoms with Crippen LogP contribution in [-0.2, 0) is 5.41 Å². The van der Waals surface area contributed by atoms with Crippen LogP contribution in [0.4, 0.5) is 0 Å². The molecule has 20 heavy (non-hydrogen) atoms. The Labute approximate surface area is 134 Å². The highest BCUT2D eigenvalue weighted by Gasteiger charge is 2.33. The molecule has 0 saturated carbocycles. The molecular weight excluding hydrogens is 357 g/mol. The summed E-state index contributed by atoms with van der Waals surface area (Å²) in [6.45, 7) is 0. The molecule has 0 unspecified atom stereocenters. The van der Waals surface area contributed by atoms with Gasteiger partial charge in [0.1, 0.15) is 5.41 Å². The van der Waals surface area contributed by atoms with Crippen LogP contribution in [0.25, 0.3) is 0 Å². The Morgan fingerprint density at radius 3 is 1.75 bits per heavy atom. The highest BCUT2D eigenvalue weighted by molar-refractivity contribution is 14.1. The minimum Gasteiger partial charge on any atom is -0.197 e. The van der Waals surface area contributed by atoms with Gasteiger partial charge in [-0.1, -0.05) is 89.7 Å². The Morgan fingerprint density at radius 2 is 1.35 bits per heavy atom. The van der Waals surface area contributed by atoms with Crippen LogP contribution in [0.5, 0.6) is 0 Å². The maximum absolute atomic E-state index is 9.93. The molecule has 0 spiro atoms. The van der Waals surface area contributed by atoms with Crippen molar-refractivity contribution in [2.24, 2.45) is 0 Å². The Balaban J connectivity index is 2.45. The highest BCUT2D eigenvalue weighted by Crippen LogP contribution is 2.36. The van der Waals surface area contributed by atoms with Crippen molar-refractivity contribution in [3.63, 3.8) is 0 Å². The van der Waals surface area contributed by atoms with E-state index in [1.165, 1.54) is 0 Å². The number of nitrogens with zero attached hydrogens (tertiary/aromatic N) is 1. The smallest absolute Gasteiger partial charge is 0.107 e. The van der Waals surface area contributed by atoms with Crippen LogP contribution in [-0.4, -0.2) is 4.43 Å². The van der Waals surface area contributed by atoms with Gasteiger partial charge in [-0.3, -0.25) is 0 Å². The fourth-order valence-electron chi connectivity index (χ4n) is 2.57. The van der Waals surface area contributed by atoms with Crippen LogP contribution in [0.15, 0.2) is 60.7 Å². The molecule has 0 radical (unpaired) electrons. The SMILES string of the molecule is N#CC(CCCCI)(c1ccccc1)c1ccccc1. The summed E-state index contributed by atoms with van der Waals surface area (Å²) >= 11 is 2.40. The van der Waals surface area contributed by atoms with Crippen molar-refractivity contribution in [3.8, 4) is 6.07 Å². The van der Waals surface area contributed by atoms with Gasteiger partial charge in [-0.15, -0.1) is 0 Å². The summed E-state index contributed by atoms with van der Waals surface area (Å²) in [5.41, 5.74) is 1.68. The Morgan fingerprint density at radius 1 is 0.850 bits per heavy atom. The number of benzene rings is 2. The number of nitriles is 1. The van der Waals surface area contributed by atoms with Gasteiger partial charge >= 0.3 is 0 Å². The molecule has 0 N–H and O–H groups in total. The predicted octanol–water partition coefficient (Wildman–Crippen LogP) is 5.10. The zero-order valence-electron chi connectivity index (χ0n) is 11.4. The first-order valence-electron chi connectivity index (χ1n) is 6.92. The number of unbranched alkanes of at least 4 members (excludes halogenated alkanes) is 1. The van der Waals surface area contributed by atoms with E-state index in [9.17, 15) is 5.26 Å². The molecule has 0 aliphatic heterocycles. The molecule has 2 rings (SSSR count). The first kappa shape index (κ1) is 15.1. The van der Waals surface area contributed by atoms with Crippen LogP contribution in [0.3, 0.4) is 0 Å². The molecule has 0 fully saturated rings. The molecule has 0 amide bonds. The third-order valence-corrected chi connectivity index (χ3v) is 4.42. The van der Waals surface area contributed by atoms with E-state index in [0.29, 0.717) is 0 Å². The van der Waals surface area contributed by atoms with Crippen molar-refractivity contribution < 1.29 is 0 Å². The molecule has 0 bridgehead atoms. The van der Waals surface area contributed by atoms with Crippen molar-refractivity contribution in [2.45, 2.75) is 24.7 Å². The molecule has 102 valence electrons. The molecule has 1 nitrogen and oxygen atoms in total. The Kier molecular flexibility index (Phi) is 5.60. The number of halogens is 1. The van der Waals surface area contributed by atoms with Crippen molar-refractivity contribution >= 4 is 22.6 Å². The predicted molar refractivity (Wildman–Crippen MR) is 92.0 cm³/mol. The first-order valence-corrected chi connectivity index (χ1v) is 8.44. The first-order chi connectivity index (χ1) is 9.83. The Hall–Kier alpha value is -1.34. The molecule has 0 aliphatic carbocycles. The van der Waals surface area contributed by atoms with E-state index in [4.69, 9.17) is 0 Å². The number of rotatable bonds is 6. The van der Waals surface area contributed by atoms with Gasteiger partial charge < -0.3 is 0 Å². The standard InChI is InChI=1S/C18H18IN/c19-14-8-7-13-18(15-20,16-9-3-1-4-10-16)17-11-5-2-6-12-17/h1-6,9-12H,7-8,13-14H2. The highest BCUT2D eigenvalue weighted by atomic mass is 127. The second-order valence-electron chi connectivity index (χ2n) is 4.90. The lowest BCUT2D eigenvalue weighted by molar-refractivity contribution is 0.558. The fraction of sp³-hybridized carbons (Fsp3) is 0.278. The molecule has 0 aromatic heterocycles. The van der Waals surface area contributed by atoms with E-state index < -0.39 is 5.41 Å². The minimum atomic E-state index is -0.520. The number of hydrogen-bond donors (Lipinski definition) is 0. The minimum absolute atomic E-state index is 0.520. The average molecular weight is 375 g/mol. The van der Waals surface area contributed by atoms with Gasteiger partial charge in [-0.2, -0.15) is 5.26 Å². The van der Waals surface area contributed by atoms with E-state index in [2.05, 4.69) is 52.9 Å². The second kappa shape index (κ2) is 7.44. The van der Waals surface area contributed by atoms with Crippen molar-refractivity contribution in [1.29, 1.82) is 5.26 Å². The third kappa shape index (κ3) is 3.21. The monoisotopic (exact) mass is 375 g/mol. The summed E-state index contributed by atoms with van der Waals surface area (Å²) in [5.74, 6) is 0. The van der Waals surface area contributed by atoms with Gasteiger partial charge in [0, 0.05) is 0 Å². The third-order valence-electron chi connectivity index (χ3n) is 3.66. The maximum atomic E-state index is 9.93. The van der Waals surface area contributed by atoms with Gasteiger partial charge in [0.05, 0.1) is 6.07 Å². The number of hydrogen-bond acceptors (Lipinski definition) is 1. The molecule has 2 aromatic rings. The van der Waals surface area contributed by atoms with E-state index in [-0.39, 0.29) is 0 Å². The van der Waals surface area contributed by atoms with E-state index in [0.717, 1.165) is 34.8 Å². The molecule has 2 aromatic carbocycles. The summed E-state index contributed by atoms with van der Waals surface area (Å²) < 4.78 is 1.14. The molecule has 0 saturated heterocycles. The quantitative estimate of drug-likeness (QED) is 0.391. The van der Waals surface area contributed by atoms with Gasteiger partial charge in [0.2, 0.25) is 0 Å². The summed E-state index contributed by atoms with van der Waals surface area (Å²) in [7, 11) is 0. The zero-order chi connectivity index (χ0) is 14.3. The number of alkyl halides is 1. The van der Waals surface area contributed by atoms with Gasteiger partial charge in [-0.25, -0.2) is 0 Å². The largest absolute Gasteiger partial charge is 0.197 e. The topological polar surface area (TPSA) is 23.8 Å². The van der Waals surface area contributed by atoms with Gasteiger partial charge in [0.25, 0.3) is 0 Å². The average Bonchev–Trinajstić information content (AvgIpc) is 2.54. The lowest BCUT2D eigenvalue weighted by atomic mass is 9.72. The lowest BCUT2D eigenvalue weighted by Crippen LogP contribution is -2.25. The van der Waals surface area contributed by atoms with Crippen LogP contribution in [0, 0.1) is 11.3 Å². The van der Waals surface area contributed by atoms with Crippen LogP contribution >= 0.6 is 22.6 Å². The molecule has 0 atom stereocenters. The fourth-order valence-corrected chi connectivity index (χ4v) is 3.11. The van der Waals surface area contributed by atoms with Crippen LogP contribution in [0.2, 0.25) is 0 Å². The Bertz CT molecular complexity index is 517.